The van der Waals surface area contributed by atoms with Crippen molar-refractivity contribution in [2.45, 2.75) is 39.5 Å². The number of aliphatic carboxylic acids is 1. The maximum Gasteiger partial charge on any atom is 0.303 e. The van der Waals surface area contributed by atoms with Crippen molar-refractivity contribution in [1.82, 2.24) is 0 Å². The second kappa shape index (κ2) is 7.78. The second-order valence-electron chi connectivity index (χ2n) is 5.03. The van der Waals surface area contributed by atoms with Gasteiger partial charge in [-0.1, -0.05) is 20.3 Å². The highest BCUT2D eigenvalue weighted by Gasteiger charge is 2.18. The van der Waals surface area contributed by atoms with E-state index in [2.05, 4.69) is 5.32 Å². The number of nitrogens with one attached hydrogen (secondary N) is 1. The highest BCUT2D eigenvalue weighted by atomic mass is 32.1. The van der Waals surface area contributed by atoms with Gasteiger partial charge in [0.15, 0.2) is 0 Å². The van der Waals surface area contributed by atoms with Crippen molar-refractivity contribution in [1.29, 1.82) is 0 Å². The van der Waals surface area contributed by atoms with Crippen LogP contribution in [0.4, 0.5) is 5.00 Å². The van der Waals surface area contributed by atoms with Gasteiger partial charge in [0.2, 0.25) is 5.91 Å². The number of nitrogens with two attached hydrogens (primary N) is 1. The van der Waals surface area contributed by atoms with Gasteiger partial charge in [-0.05, 0) is 18.4 Å². The van der Waals surface area contributed by atoms with E-state index in [-0.39, 0.29) is 24.7 Å². The van der Waals surface area contributed by atoms with Crippen LogP contribution in [0.5, 0.6) is 0 Å². The number of anilines is 1. The number of rotatable bonds is 8. The molecule has 4 N–H and O–H groups in total. The van der Waals surface area contributed by atoms with Crippen LogP contribution in [0.15, 0.2) is 6.07 Å². The molecule has 0 aliphatic heterocycles. The Morgan fingerprint density at radius 1 is 1.38 bits per heavy atom. The molecule has 0 aliphatic carbocycles. The van der Waals surface area contributed by atoms with Crippen LogP contribution in [0.25, 0.3) is 0 Å². The monoisotopic (exact) mass is 312 g/mol. The Morgan fingerprint density at radius 2 is 2.05 bits per heavy atom. The summed E-state index contributed by atoms with van der Waals surface area (Å²) in [6.45, 7) is 3.72. The third kappa shape index (κ3) is 5.55. The molecule has 0 saturated carbocycles. The molecule has 1 atom stereocenters. The van der Waals surface area contributed by atoms with E-state index in [1.165, 1.54) is 11.3 Å². The molecule has 1 rings (SSSR count). The fourth-order valence-corrected chi connectivity index (χ4v) is 3.13. The topological polar surface area (TPSA) is 109 Å². The van der Waals surface area contributed by atoms with Crippen molar-refractivity contribution in [2.75, 3.05) is 5.32 Å². The molecule has 21 heavy (non-hydrogen) atoms. The average molecular weight is 312 g/mol. The predicted octanol–water partition coefficient (Wildman–Crippen LogP) is 2.24. The number of carbonyl (C=O) groups is 3. The summed E-state index contributed by atoms with van der Waals surface area (Å²) in [5.74, 6) is -2.09. The van der Waals surface area contributed by atoms with Crippen molar-refractivity contribution in [2.24, 2.45) is 11.7 Å². The number of amides is 2. The molecule has 0 bridgehead atoms. The average Bonchev–Trinajstić information content (AvgIpc) is 2.70. The Labute approximate surface area is 127 Å². The summed E-state index contributed by atoms with van der Waals surface area (Å²) in [6, 6.07) is 1.70. The summed E-state index contributed by atoms with van der Waals surface area (Å²) in [6.07, 6.45) is 1.77. The zero-order valence-corrected chi connectivity index (χ0v) is 13.0. The summed E-state index contributed by atoms with van der Waals surface area (Å²) < 4.78 is 0. The molecule has 6 nitrogen and oxygen atoms in total. The molecular formula is C14H20N2O4S. The molecule has 0 radical (unpaired) electrons. The molecule has 2 amide bonds. The largest absolute Gasteiger partial charge is 0.481 e. The van der Waals surface area contributed by atoms with Gasteiger partial charge in [-0.15, -0.1) is 11.3 Å². The lowest BCUT2D eigenvalue weighted by atomic mass is 10.0. The summed E-state index contributed by atoms with van der Waals surface area (Å²) in [4.78, 5) is 34.8. The molecule has 0 fully saturated rings. The normalized spacial score (nSPS) is 11.9. The van der Waals surface area contributed by atoms with Crippen molar-refractivity contribution in [3.05, 3.63) is 16.5 Å². The zero-order valence-electron chi connectivity index (χ0n) is 12.1. The van der Waals surface area contributed by atoms with Crippen LogP contribution in [-0.2, 0) is 16.0 Å². The van der Waals surface area contributed by atoms with Gasteiger partial charge in [0, 0.05) is 17.7 Å². The smallest absolute Gasteiger partial charge is 0.303 e. The van der Waals surface area contributed by atoms with E-state index >= 15 is 0 Å². The number of hydrogen-bond donors (Lipinski definition) is 3. The summed E-state index contributed by atoms with van der Waals surface area (Å²) in [5, 5.41) is 11.8. The van der Waals surface area contributed by atoms with Gasteiger partial charge in [-0.2, -0.15) is 0 Å². The van der Waals surface area contributed by atoms with E-state index in [1.807, 2.05) is 6.92 Å². The Balaban J connectivity index is 2.74. The van der Waals surface area contributed by atoms with Crippen molar-refractivity contribution >= 4 is 34.1 Å². The number of primary amides is 1. The van der Waals surface area contributed by atoms with Crippen LogP contribution in [0.1, 0.15) is 48.3 Å². The van der Waals surface area contributed by atoms with Gasteiger partial charge >= 0.3 is 5.97 Å². The molecule has 0 spiro atoms. The quantitative estimate of drug-likeness (QED) is 0.683. The van der Waals surface area contributed by atoms with Gasteiger partial charge < -0.3 is 16.2 Å². The lowest BCUT2D eigenvalue weighted by molar-refractivity contribution is -0.138. The minimum atomic E-state index is -0.936. The maximum absolute atomic E-state index is 11.9. The summed E-state index contributed by atoms with van der Waals surface area (Å²) >= 11 is 1.33. The number of carbonyl (C=O) groups excluding carboxylic acids is 2. The van der Waals surface area contributed by atoms with Crippen LogP contribution < -0.4 is 11.1 Å². The van der Waals surface area contributed by atoms with Gasteiger partial charge in [0.1, 0.15) is 5.00 Å². The number of thiophene rings is 1. The predicted molar refractivity (Wildman–Crippen MR) is 81.5 cm³/mol. The number of hydrogen-bond acceptors (Lipinski definition) is 4. The Kier molecular flexibility index (Phi) is 6.36. The first-order valence-corrected chi connectivity index (χ1v) is 7.59. The highest BCUT2D eigenvalue weighted by molar-refractivity contribution is 7.16. The second-order valence-corrected chi connectivity index (χ2v) is 6.16. The first-order valence-electron chi connectivity index (χ1n) is 6.77. The zero-order chi connectivity index (χ0) is 16.0. The highest BCUT2D eigenvalue weighted by Crippen LogP contribution is 2.29. The number of carboxylic acids is 1. The third-order valence-electron chi connectivity index (χ3n) is 2.85. The van der Waals surface area contributed by atoms with Crippen LogP contribution in [-0.4, -0.2) is 22.9 Å². The van der Waals surface area contributed by atoms with Crippen LogP contribution in [0.3, 0.4) is 0 Å². The minimum absolute atomic E-state index is 0.0678. The van der Waals surface area contributed by atoms with E-state index < -0.39 is 11.9 Å². The van der Waals surface area contributed by atoms with Crippen LogP contribution in [0.2, 0.25) is 0 Å². The fraction of sp³-hybridized carbons (Fsp3) is 0.500. The Hall–Kier alpha value is -1.89. The molecule has 116 valence electrons. The first-order chi connectivity index (χ1) is 9.83. The van der Waals surface area contributed by atoms with E-state index in [9.17, 15) is 14.4 Å². The van der Waals surface area contributed by atoms with Crippen molar-refractivity contribution in [3.8, 4) is 0 Å². The molecule has 0 aromatic carbocycles. The van der Waals surface area contributed by atoms with Gasteiger partial charge in [-0.3, -0.25) is 14.4 Å². The van der Waals surface area contributed by atoms with E-state index in [0.29, 0.717) is 10.6 Å². The molecule has 1 aromatic rings. The van der Waals surface area contributed by atoms with Crippen LogP contribution >= 0.6 is 11.3 Å². The fourth-order valence-electron chi connectivity index (χ4n) is 1.95. The van der Waals surface area contributed by atoms with Crippen LogP contribution in [0, 0.1) is 5.92 Å². The lowest BCUT2D eigenvalue weighted by Crippen LogP contribution is -2.19. The van der Waals surface area contributed by atoms with E-state index in [1.54, 1.807) is 13.0 Å². The van der Waals surface area contributed by atoms with Crippen molar-refractivity contribution in [3.63, 3.8) is 0 Å². The summed E-state index contributed by atoms with van der Waals surface area (Å²) in [5.41, 5.74) is 5.61. The van der Waals surface area contributed by atoms with Gasteiger partial charge in [0.05, 0.1) is 5.56 Å². The molecule has 0 unspecified atom stereocenters. The number of carboxylic acid groups (broad SMARTS) is 1. The van der Waals surface area contributed by atoms with Gasteiger partial charge in [0.25, 0.3) is 5.91 Å². The molecule has 1 heterocycles. The van der Waals surface area contributed by atoms with Gasteiger partial charge in [-0.25, -0.2) is 0 Å². The maximum atomic E-state index is 11.9. The molecule has 0 saturated heterocycles. The molecule has 0 aliphatic rings. The van der Waals surface area contributed by atoms with E-state index in [4.69, 9.17) is 10.8 Å². The lowest BCUT2D eigenvalue weighted by Gasteiger charge is -2.09. The summed E-state index contributed by atoms with van der Waals surface area (Å²) in [7, 11) is 0. The Bertz CT molecular complexity index is 539. The molecule has 1 aromatic heterocycles. The Morgan fingerprint density at radius 3 is 2.57 bits per heavy atom. The van der Waals surface area contributed by atoms with Crippen molar-refractivity contribution < 1.29 is 19.5 Å². The minimum Gasteiger partial charge on any atom is -0.481 e. The number of aryl methyl sites for hydroxylation is 1. The SMILES string of the molecule is CCCc1cc(C(N)=O)c(NC(=O)C[C@H](C)CC(=O)O)s1. The third-order valence-corrected chi connectivity index (χ3v) is 3.97. The molecular weight excluding hydrogens is 292 g/mol. The van der Waals surface area contributed by atoms with E-state index in [0.717, 1.165) is 17.7 Å². The first kappa shape index (κ1) is 17.2. The standard InChI is InChI=1S/C14H20N2O4S/c1-3-4-9-7-10(13(15)20)14(21-9)16-11(17)5-8(2)6-12(18)19/h7-8H,3-6H2,1-2H3,(H2,15,20)(H,16,17)(H,18,19)/t8-/m0/s1. The molecule has 7 heteroatoms.